The van der Waals surface area contributed by atoms with Crippen molar-refractivity contribution in [1.29, 1.82) is 10.8 Å². The minimum Gasteiger partial charge on any atom is -0.382 e. The second-order valence-corrected chi connectivity index (χ2v) is 0.906. The Kier molecular flexibility index (Phi) is 21.0. The Morgan fingerprint density at radius 2 is 1.50 bits per heavy atom. The van der Waals surface area contributed by atoms with Crippen LogP contribution in [-0.2, 0) is 4.74 Å². The Morgan fingerprint density at radius 1 is 1.25 bits per heavy atom. The fraction of sp³-hybridized carbons (Fsp3) is 0.800. The molecule has 0 heterocycles. The molecule has 0 radical (unpaired) electrons. The third kappa shape index (κ3) is 56.0. The molecule has 0 amide bonds. The van der Waals surface area contributed by atoms with Gasteiger partial charge in [0.25, 0.3) is 0 Å². The largest absolute Gasteiger partial charge is 0.382 e. The molecule has 0 aliphatic carbocycles. The maximum absolute atomic E-state index is 5.62. The SMILES string of the molecule is CCOCC.N=C=N. The first kappa shape index (κ1) is 10.3. The predicted octanol–water partition coefficient (Wildman–Crippen LogP) is 1.36. The summed E-state index contributed by atoms with van der Waals surface area (Å²) in [5.74, 6) is 0. The van der Waals surface area contributed by atoms with Crippen molar-refractivity contribution in [1.82, 2.24) is 0 Å². The summed E-state index contributed by atoms with van der Waals surface area (Å²) in [7, 11) is 0. The Labute approximate surface area is 49.7 Å². The molecule has 0 aliphatic heterocycles. The molecule has 0 aromatic carbocycles. The molecule has 0 saturated carbocycles. The number of ether oxygens (including phenoxy) is 1. The van der Waals surface area contributed by atoms with Crippen LogP contribution >= 0.6 is 0 Å². The van der Waals surface area contributed by atoms with Crippen LogP contribution in [0.2, 0.25) is 0 Å². The molecule has 0 rings (SSSR count). The fourth-order valence-corrected chi connectivity index (χ4v) is 0.204. The van der Waals surface area contributed by atoms with E-state index in [1.54, 1.807) is 0 Å². The lowest BCUT2D eigenvalue weighted by molar-refractivity contribution is 0.162. The molecular formula is C5H12N2O. The lowest BCUT2D eigenvalue weighted by atomic mass is 10.8. The summed E-state index contributed by atoms with van der Waals surface area (Å²) in [6, 6.07) is 1.25. The Balaban J connectivity index is 0. The van der Waals surface area contributed by atoms with Crippen LogP contribution in [-0.4, -0.2) is 19.2 Å². The summed E-state index contributed by atoms with van der Waals surface area (Å²) in [6.45, 7) is 5.67. The smallest absolute Gasteiger partial charge is 0.0831 e. The molecule has 0 aliphatic rings. The maximum atomic E-state index is 5.62. The fourth-order valence-electron chi connectivity index (χ4n) is 0.204. The van der Waals surface area contributed by atoms with Gasteiger partial charge >= 0.3 is 0 Å². The molecule has 0 fully saturated rings. The van der Waals surface area contributed by atoms with Gasteiger partial charge in [-0.1, -0.05) is 0 Å². The van der Waals surface area contributed by atoms with Crippen molar-refractivity contribution >= 4 is 6.01 Å². The van der Waals surface area contributed by atoms with Crippen molar-refractivity contribution in [3.63, 3.8) is 0 Å². The van der Waals surface area contributed by atoms with Crippen LogP contribution in [0.15, 0.2) is 0 Å². The highest BCUT2D eigenvalue weighted by molar-refractivity contribution is 5.29. The van der Waals surface area contributed by atoms with Crippen molar-refractivity contribution in [2.45, 2.75) is 13.8 Å². The summed E-state index contributed by atoms with van der Waals surface area (Å²) in [5.41, 5.74) is 0. The summed E-state index contributed by atoms with van der Waals surface area (Å²) < 4.78 is 4.83. The van der Waals surface area contributed by atoms with Crippen LogP contribution in [0.4, 0.5) is 0 Å². The summed E-state index contributed by atoms with van der Waals surface area (Å²) in [6.07, 6.45) is 0. The summed E-state index contributed by atoms with van der Waals surface area (Å²) in [5, 5.41) is 11.2. The first-order chi connectivity index (χ1) is 3.83. The van der Waals surface area contributed by atoms with E-state index < -0.39 is 0 Å². The molecule has 3 nitrogen and oxygen atoms in total. The van der Waals surface area contributed by atoms with Crippen molar-refractivity contribution in [3.8, 4) is 0 Å². The van der Waals surface area contributed by atoms with E-state index in [2.05, 4.69) is 0 Å². The monoisotopic (exact) mass is 116 g/mol. The first-order valence-corrected chi connectivity index (χ1v) is 2.49. The van der Waals surface area contributed by atoms with Crippen LogP contribution < -0.4 is 0 Å². The van der Waals surface area contributed by atoms with Crippen molar-refractivity contribution in [2.75, 3.05) is 13.2 Å². The van der Waals surface area contributed by atoms with E-state index in [9.17, 15) is 0 Å². The highest BCUT2D eigenvalue weighted by Crippen LogP contribution is 1.64. The zero-order valence-corrected chi connectivity index (χ0v) is 5.32. The van der Waals surface area contributed by atoms with Gasteiger partial charge in [0.15, 0.2) is 0 Å². The van der Waals surface area contributed by atoms with Gasteiger partial charge in [0, 0.05) is 13.2 Å². The Morgan fingerprint density at radius 3 is 1.50 bits per heavy atom. The summed E-state index contributed by atoms with van der Waals surface area (Å²) in [4.78, 5) is 0. The van der Waals surface area contributed by atoms with Crippen LogP contribution in [0, 0.1) is 10.8 Å². The standard InChI is InChI=1S/C4H10O.CH2N2/c1-3-5-4-2;2-1-3/h3-4H2,1-2H3;2-3H. The average Bonchev–Trinajstić information content (AvgIpc) is 1.71. The molecule has 0 atom stereocenters. The van der Waals surface area contributed by atoms with Crippen LogP contribution in [0.5, 0.6) is 0 Å². The molecule has 0 saturated heterocycles. The van der Waals surface area contributed by atoms with Gasteiger partial charge in [-0.05, 0) is 13.8 Å². The van der Waals surface area contributed by atoms with E-state index in [-0.39, 0.29) is 0 Å². The Bertz CT molecular complexity index is 55.4. The summed E-state index contributed by atoms with van der Waals surface area (Å²) >= 11 is 0. The van der Waals surface area contributed by atoms with E-state index in [4.69, 9.17) is 15.6 Å². The van der Waals surface area contributed by atoms with E-state index >= 15 is 0 Å². The van der Waals surface area contributed by atoms with Gasteiger partial charge in [0.05, 0.1) is 6.01 Å². The van der Waals surface area contributed by atoms with E-state index in [1.807, 2.05) is 13.8 Å². The van der Waals surface area contributed by atoms with Gasteiger partial charge in [-0.15, -0.1) is 0 Å². The molecule has 3 heteroatoms. The third-order valence-electron chi connectivity index (χ3n) is 0.408. The van der Waals surface area contributed by atoms with Crippen molar-refractivity contribution in [2.24, 2.45) is 0 Å². The quantitative estimate of drug-likeness (QED) is 0.526. The molecule has 2 N–H and O–H groups in total. The number of hydrogen-bond donors (Lipinski definition) is 2. The zero-order valence-electron chi connectivity index (χ0n) is 5.32. The molecule has 0 aromatic rings. The second-order valence-electron chi connectivity index (χ2n) is 0.906. The van der Waals surface area contributed by atoms with Crippen molar-refractivity contribution in [3.05, 3.63) is 0 Å². The second kappa shape index (κ2) is 16.2. The normalized spacial score (nSPS) is 6.25. The van der Waals surface area contributed by atoms with Gasteiger partial charge in [0.2, 0.25) is 0 Å². The van der Waals surface area contributed by atoms with Crippen molar-refractivity contribution < 1.29 is 4.74 Å². The Hall–Kier alpha value is -0.660. The lowest BCUT2D eigenvalue weighted by Gasteiger charge is -1.86. The highest BCUT2D eigenvalue weighted by Gasteiger charge is 1.64. The van der Waals surface area contributed by atoms with Crippen LogP contribution in [0.3, 0.4) is 0 Å². The topological polar surface area (TPSA) is 56.9 Å². The molecule has 8 heavy (non-hydrogen) atoms. The van der Waals surface area contributed by atoms with E-state index in [0.717, 1.165) is 13.2 Å². The molecule has 0 unspecified atom stereocenters. The molecule has 0 bridgehead atoms. The number of hydrogen-bond acceptors (Lipinski definition) is 3. The molecule has 0 aromatic heterocycles. The minimum atomic E-state index is 0.844. The first-order valence-electron chi connectivity index (χ1n) is 2.49. The number of nitrogens with one attached hydrogen (secondary N) is 2. The highest BCUT2D eigenvalue weighted by atomic mass is 16.5. The number of rotatable bonds is 2. The third-order valence-corrected chi connectivity index (χ3v) is 0.408. The van der Waals surface area contributed by atoms with Gasteiger partial charge in [0.1, 0.15) is 0 Å². The van der Waals surface area contributed by atoms with Gasteiger partial charge in [-0.3, -0.25) is 0 Å². The predicted molar refractivity (Wildman–Crippen MR) is 32.6 cm³/mol. The zero-order chi connectivity index (χ0) is 6.83. The molecule has 0 spiro atoms. The minimum absolute atomic E-state index is 0.844. The average molecular weight is 116 g/mol. The van der Waals surface area contributed by atoms with Crippen LogP contribution in [0.1, 0.15) is 13.8 Å². The molecule has 48 valence electrons. The van der Waals surface area contributed by atoms with Gasteiger partial charge in [-0.25, -0.2) is 10.8 Å². The van der Waals surface area contributed by atoms with E-state index in [1.165, 1.54) is 6.01 Å². The lowest BCUT2D eigenvalue weighted by Crippen LogP contribution is -1.84. The van der Waals surface area contributed by atoms with E-state index in [0.29, 0.717) is 0 Å². The van der Waals surface area contributed by atoms with Gasteiger partial charge in [-0.2, -0.15) is 0 Å². The van der Waals surface area contributed by atoms with Gasteiger partial charge < -0.3 is 4.74 Å². The van der Waals surface area contributed by atoms with Crippen LogP contribution in [0.25, 0.3) is 0 Å². The molecular weight excluding hydrogens is 104 g/mol. The maximum Gasteiger partial charge on any atom is 0.0831 e.